The number of nitro benzene ring substituents is 1. The van der Waals surface area contributed by atoms with Gasteiger partial charge in [0, 0.05) is 29.8 Å². The second-order valence-electron chi connectivity index (χ2n) is 7.31. The van der Waals surface area contributed by atoms with Crippen molar-refractivity contribution < 1.29 is 14.5 Å². The van der Waals surface area contributed by atoms with Gasteiger partial charge in [0.25, 0.3) is 5.69 Å². The minimum absolute atomic E-state index is 0.0376. The lowest BCUT2D eigenvalue weighted by molar-refractivity contribution is -0.384. The monoisotopic (exact) mass is 369 g/mol. The topological polar surface area (TPSA) is 92.6 Å². The Balaban J connectivity index is 2.29. The summed E-state index contributed by atoms with van der Waals surface area (Å²) in [7, 11) is 1.60. The molecule has 0 heterocycles. The van der Waals surface area contributed by atoms with Crippen LogP contribution in [0.25, 0.3) is 0 Å². The number of ketones is 1. The van der Waals surface area contributed by atoms with Gasteiger partial charge in [-0.25, -0.2) is 0 Å². The number of nitrogens with zero attached hydrogens (tertiary/aromatic N) is 2. The van der Waals surface area contributed by atoms with E-state index in [1.165, 1.54) is 23.1 Å². The van der Waals surface area contributed by atoms with E-state index in [4.69, 9.17) is 0 Å². The lowest BCUT2D eigenvalue weighted by Crippen LogP contribution is -2.45. The molecule has 7 heteroatoms. The molecule has 0 saturated carbocycles. The number of nitro groups is 1. The van der Waals surface area contributed by atoms with Crippen LogP contribution in [-0.2, 0) is 4.79 Å². The van der Waals surface area contributed by atoms with Crippen LogP contribution in [0.5, 0.6) is 0 Å². The summed E-state index contributed by atoms with van der Waals surface area (Å²) in [5.41, 5.74) is 0.341. The normalized spacial score (nSPS) is 11.0. The van der Waals surface area contributed by atoms with Crippen molar-refractivity contribution in [3.63, 3.8) is 0 Å². The summed E-state index contributed by atoms with van der Waals surface area (Å²) < 4.78 is 0. The van der Waals surface area contributed by atoms with Crippen molar-refractivity contribution in [2.24, 2.45) is 0 Å². The zero-order valence-electron chi connectivity index (χ0n) is 15.9. The number of hydrogen-bond donors (Lipinski definition) is 1. The molecule has 0 aliphatic carbocycles. The predicted molar refractivity (Wildman–Crippen MR) is 104 cm³/mol. The molecule has 0 radical (unpaired) electrons. The number of rotatable bonds is 6. The molecule has 1 N–H and O–H groups in total. The van der Waals surface area contributed by atoms with Crippen molar-refractivity contribution in [2.45, 2.75) is 26.3 Å². The minimum atomic E-state index is -0.546. The third-order valence-electron chi connectivity index (χ3n) is 3.78. The van der Waals surface area contributed by atoms with Gasteiger partial charge in [-0.3, -0.25) is 19.7 Å². The Morgan fingerprint density at radius 2 is 1.70 bits per heavy atom. The molecule has 0 aliphatic rings. The summed E-state index contributed by atoms with van der Waals surface area (Å²) in [4.78, 5) is 37.1. The number of nitrogens with one attached hydrogen (secondary N) is 1. The largest absolute Gasteiger partial charge is 0.360 e. The molecule has 2 aromatic carbocycles. The minimum Gasteiger partial charge on any atom is -0.360 e. The Labute approximate surface area is 158 Å². The van der Waals surface area contributed by atoms with Crippen LogP contribution in [0.1, 0.15) is 36.7 Å². The van der Waals surface area contributed by atoms with E-state index in [1.54, 1.807) is 37.4 Å². The Morgan fingerprint density at radius 3 is 2.26 bits per heavy atom. The molecule has 7 nitrogen and oxygen atoms in total. The van der Waals surface area contributed by atoms with Gasteiger partial charge in [0.15, 0.2) is 5.78 Å². The van der Waals surface area contributed by atoms with E-state index in [2.05, 4.69) is 5.32 Å². The molecule has 0 aliphatic heterocycles. The maximum Gasteiger partial charge on any atom is 0.293 e. The van der Waals surface area contributed by atoms with Gasteiger partial charge in [-0.15, -0.1) is 0 Å². The molecule has 142 valence electrons. The SMILES string of the molecule is CN(CC(=O)NC(C)(C)C)c1ccc(C(=O)c2ccccc2)cc1[N+](=O)[O-]. The first kappa shape index (κ1) is 20.1. The molecule has 2 rings (SSSR count). The Hall–Kier alpha value is -3.22. The van der Waals surface area contributed by atoms with Crippen molar-refractivity contribution in [3.8, 4) is 0 Å². The molecule has 0 atom stereocenters. The average Bonchev–Trinajstić information content (AvgIpc) is 2.59. The smallest absolute Gasteiger partial charge is 0.293 e. The van der Waals surface area contributed by atoms with Crippen molar-refractivity contribution in [3.05, 3.63) is 69.8 Å². The number of likely N-dealkylation sites (N-methyl/N-ethyl adjacent to an activating group) is 1. The van der Waals surface area contributed by atoms with Crippen LogP contribution in [0.2, 0.25) is 0 Å². The first-order valence-corrected chi connectivity index (χ1v) is 8.49. The van der Waals surface area contributed by atoms with Crippen LogP contribution in [-0.4, -0.2) is 35.7 Å². The van der Waals surface area contributed by atoms with E-state index in [0.717, 1.165) is 0 Å². The summed E-state index contributed by atoms with van der Waals surface area (Å²) in [5.74, 6) is -0.540. The highest BCUT2D eigenvalue weighted by molar-refractivity contribution is 6.09. The molecular weight excluding hydrogens is 346 g/mol. The third kappa shape index (κ3) is 5.37. The van der Waals surface area contributed by atoms with E-state index < -0.39 is 10.5 Å². The Morgan fingerprint density at radius 1 is 1.07 bits per heavy atom. The van der Waals surface area contributed by atoms with Gasteiger partial charge >= 0.3 is 0 Å². The van der Waals surface area contributed by atoms with Gasteiger partial charge < -0.3 is 10.2 Å². The van der Waals surface area contributed by atoms with Crippen molar-refractivity contribution in [1.29, 1.82) is 0 Å². The molecular formula is C20H23N3O4. The standard InChI is InChI=1S/C20H23N3O4/c1-20(2,3)21-18(24)13-22(4)16-11-10-15(12-17(16)23(26)27)19(25)14-8-6-5-7-9-14/h5-12H,13H2,1-4H3,(H,21,24). The molecule has 0 spiro atoms. The predicted octanol–water partition coefficient (Wildman–Crippen LogP) is 3.18. The zero-order valence-corrected chi connectivity index (χ0v) is 15.9. The second kappa shape index (κ2) is 7.99. The lowest BCUT2D eigenvalue weighted by atomic mass is 10.0. The van der Waals surface area contributed by atoms with Crippen LogP contribution in [0, 0.1) is 10.1 Å². The fourth-order valence-electron chi connectivity index (χ4n) is 2.65. The number of amides is 1. The molecule has 0 aromatic heterocycles. The van der Waals surface area contributed by atoms with Crippen LogP contribution < -0.4 is 10.2 Å². The van der Waals surface area contributed by atoms with E-state index in [1.807, 2.05) is 20.8 Å². The van der Waals surface area contributed by atoms with E-state index >= 15 is 0 Å². The third-order valence-corrected chi connectivity index (χ3v) is 3.78. The van der Waals surface area contributed by atoms with Gasteiger partial charge in [0.1, 0.15) is 5.69 Å². The van der Waals surface area contributed by atoms with E-state index in [-0.39, 0.29) is 35.2 Å². The number of benzene rings is 2. The molecule has 0 fully saturated rings. The number of carbonyl (C=O) groups is 2. The Kier molecular flexibility index (Phi) is 5.95. The number of anilines is 1. The summed E-state index contributed by atoms with van der Waals surface area (Å²) in [5, 5.41) is 14.3. The van der Waals surface area contributed by atoms with Crippen molar-refractivity contribution in [1.82, 2.24) is 5.32 Å². The summed E-state index contributed by atoms with van der Waals surface area (Å²) in [6, 6.07) is 12.9. The maximum atomic E-state index is 12.5. The Bertz CT molecular complexity index is 857. The first-order valence-electron chi connectivity index (χ1n) is 8.49. The quantitative estimate of drug-likeness (QED) is 0.480. The summed E-state index contributed by atoms with van der Waals surface area (Å²) in [6.45, 7) is 5.54. The van der Waals surface area contributed by atoms with Crippen molar-refractivity contribution in [2.75, 3.05) is 18.5 Å². The fourth-order valence-corrected chi connectivity index (χ4v) is 2.65. The van der Waals surface area contributed by atoms with Crippen LogP contribution in [0.4, 0.5) is 11.4 Å². The maximum absolute atomic E-state index is 12.5. The summed E-state index contributed by atoms with van der Waals surface area (Å²) in [6.07, 6.45) is 0. The number of carbonyl (C=O) groups excluding carboxylic acids is 2. The molecule has 0 unspecified atom stereocenters. The molecule has 0 bridgehead atoms. The first-order chi connectivity index (χ1) is 12.6. The molecule has 0 saturated heterocycles. The zero-order chi connectivity index (χ0) is 20.2. The van der Waals surface area contributed by atoms with E-state index in [9.17, 15) is 19.7 Å². The summed E-state index contributed by atoms with van der Waals surface area (Å²) >= 11 is 0. The van der Waals surface area contributed by atoms with Crippen LogP contribution in [0.15, 0.2) is 48.5 Å². The highest BCUT2D eigenvalue weighted by atomic mass is 16.6. The highest BCUT2D eigenvalue weighted by Gasteiger charge is 2.23. The molecule has 1 amide bonds. The van der Waals surface area contributed by atoms with Gasteiger partial charge in [-0.2, -0.15) is 0 Å². The van der Waals surface area contributed by atoms with Crippen LogP contribution >= 0.6 is 0 Å². The van der Waals surface area contributed by atoms with E-state index in [0.29, 0.717) is 5.56 Å². The van der Waals surface area contributed by atoms with Gasteiger partial charge in [-0.05, 0) is 32.9 Å². The van der Waals surface area contributed by atoms with Crippen LogP contribution in [0.3, 0.4) is 0 Å². The number of hydrogen-bond acceptors (Lipinski definition) is 5. The molecule has 2 aromatic rings. The lowest BCUT2D eigenvalue weighted by Gasteiger charge is -2.24. The highest BCUT2D eigenvalue weighted by Crippen LogP contribution is 2.29. The van der Waals surface area contributed by atoms with Crippen molar-refractivity contribution >= 4 is 23.1 Å². The van der Waals surface area contributed by atoms with Gasteiger partial charge in [0.05, 0.1) is 11.5 Å². The average molecular weight is 369 g/mol. The fraction of sp³-hybridized carbons (Fsp3) is 0.300. The molecule has 27 heavy (non-hydrogen) atoms. The van der Waals surface area contributed by atoms with Gasteiger partial charge in [-0.1, -0.05) is 30.3 Å². The second-order valence-corrected chi connectivity index (χ2v) is 7.31. The van der Waals surface area contributed by atoms with Gasteiger partial charge in [0.2, 0.25) is 5.91 Å².